The van der Waals surface area contributed by atoms with Gasteiger partial charge < -0.3 is 24.8 Å². The van der Waals surface area contributed by atoms with Crippen molar-refractivity contribution in [2.45, 2.75) is 45.6 Å². The summed E-state index contributed by atoms with van der Waals surface area (Å²) in [6, 6.07) is 3.29. The summed E-state index contributed by atoms with van der Waals surface area (Å²) in [4.78, 5) is 28.0. The summed E-state index contributed by atoms with van der Waals surface area (Å²) in [6.45, 7) is 8.41. The van der Waals surface area contributed by atoms with E-state index in [1.807, 2.05) is 20.8 Å². The van der Waals surface area contributed by atoms with Crippen LogP contribution in [0.15, 0.2) is 18.3 Å². The summed E-state index contributed by atoms with van der Waals surface area (Å²) in [6.07, 6.45) is 3.68. The van der Waals surface area contributed by atoms with Crippen LogP contribution in [0.2, 0.25) is 0 Å². The zero-order valence-corrected chi connectivity index (χ0v) is 17.0. The number of carbonyl (C=O) groups excluding carboxylic acids is 2. The van der Waals surface area contributed by atoms with Gasteiger partial charge in [-0.15, -0.1) is 0 Å². The number of nitrogens with zero attached hydrogens (tertiary/aromatic N) is 1. The number of carbonyl (C=O) groups is 2. The highest BCUT2D eigenvalue weighted by atomic mass is 16.6. The van der Waals surface area contributed by atoms with Gasteiger partial charge in [-0.25, -0.2) is 9.78 Å². The van der Waals surface area contributed by atoms with Crippen LogP contribution in [0.25, 0.3) is 0 Å². The first kappa shape index (κ1) is 21.9. The van der Waals surface area contributed by atoms with E-state index < -0.39 is 11.7 Å². The lowest BCUT2D eigenvalue weighted by Gasteiger charge is -2.21. The van der Waals surface area contributed by atoms with Crippen LogP contribution >= 0.6 is 0 Å². The highest BCUT2D eigenvalue weighted by Gasteiger charge is 2.16. The third-order valence-electron chi connectivity index (χ3n) is 4.11. The Morgan fingerprint density at radius 2 is 1.93 bits per heavy atom. The second kappa shape index (κ2) is 10.8. The second-order valence-corrected chi connectivity index (χ2v) is 7.79. The molecule has 1 aromatic heterocycles. The van der Waals surface area contributed by atoms with Gasteiger partial charge in [-0.2, -0.15) is 0 Å². The number of hydrogen-bond acceptors (Lipinski definition) is 6. The number of alkyl carbamates (subject to hydrolysis) is 1. The van der Waals surface area contributed by atoms with E-state index in [0.717, 1.165) is 26.1 Å². The van der Waals surface area contributed by atoms with Crippen molar-refractivity contribution in [3.05, 3.63) is 23.9 Å². The van der Waals surface area contributed by atoms with Crippen LogP contribution in [0.4, 0.5) is 4.79 Å². The summed E-state index contributed by atoms with van der Waals surface area (Å²) in [5.74, 6) is 0.715. The van der Waals surface area contributed by atoms with E-state index in [-0.39, 0.29) is 5.91 Å². The topological polar surface area (TPSA) is 98.8 Å². The van der Waals surface area contributed by atoms with Gasteiger partial charge in [-0.05, 0) is 52.0 Å². The van der Waals surface area contributed by atoms with Gasteiger partial charge >= 0.3 is 6.09 Å². The van der Waals surface area contributed by atoms with Gasteiger partial charge in [0.05, 0.1) is 6.61 Å². The molecular weight excluding hydrogens is 362 g/mol. The Morgan fingerprint density at radius 3 is 2.64 bits per heavy atom. The van der Waals surface area contributed by atoms with Crippen molar-refractivity contribution >= 4 is 12.0 Å². The van der Waals surface area contributed by atoms with E-state index in [1.54, 1.807) is 18.3 Å². The van der Waals surface area contributed by atoms with Crippen LogP contribution in [0, 0.1) is 5.92 Å². The molecule has 0 aliphatic carbocycles. The van der Waals surface area contributed by atoms with E-state index in [9.17, 15) is 9.59 Å². The maximum atomic E-state index is 12.3. The monoisotopic (exact) mass is 393 g/mol. The van der Waals surface area contributed by atoms with Crippen LogP contribution in [-0.2, 0) is 9.47 Å². The second-order valence-electron chi connectivity index (χ2n) is 7.79. The minimum Gasteiger partial charge on any atom is -0.477 e. The fourth-order valence-electron chi connectivity index (χ4n) is 2.64. The molecular formula is C20H31N3O5. The zero-order valence-electron chi connectivity index (χ0n) is 17.0. The molecule has 0 aromatic carbocycles. The Kier molecular flexibility index (Phi) is 8.50. The molecule has 1 aliphatic heterocycles. The third-order valence-corrected chi connectivity index (χ3v) is 4.11. The van der Waals surface area contributed by atoms with Gasteiger partial charge in [0.1, 0.15) is 5.60 Å². The molecule has 1 aromatic rings. The lowest BCUT2D eigenvalue weighted by atomic mass is 10.0. The van der Waals surface area contributed by atoms with Crippen LogP contribution in [-0.4, -0.2) is 55.5 Å². The highest BCUT2D eigenvalue weighted by Crippen LogP contribution is 2.17. The summed E-state index contributed by atoms with van der Waals surface area (Å²) in [7, 11) is 0. The van der Waals surface area contributed by atoms with Gasteiger partial charge in [0, 0.05) is 44.1 Å². The van der Waals surface area contributed by atoms with Crippen molar-refractivity contribution in [2.24, 2.45) is 5.92 Å². The van der Waals surface area contributed by atoms with Gasteiger partial charge in [-0.1, -0.05) is 0 Å². The standard InChI is InChI=1S/C20H31N3O5/c1-20(2,3)28-19(25)23-9-4-8-22-18(24)16-5-10-21-17(13-16)27-14-15-6-11-26-12-7-15/h5,10,13,15H,4,6-9,11-12,14H2,1-3H3,(H,22,24)(H,23,25). The maximum Gasteiger partial charge on any atom is 0.407 e. The average molecular weight is 393 g/mol. The Balaban J connectivity index is 1.67. The molecule has 0 spiro atoms. The molecule has 2 N–H and O–H groups in total. The molecule has 2 amide bonds. The highest BCUT2D eigenvalue weighted by molar-refractivity contribution is 5.94. The first-order valence-corrected chi connectivity index (χ1v) is 9.75. The van der Waals surface area contributed by atoms with Crippen LogP contribution in [0.3, 0.4) is 0 Å². The van der Waals surface area contributed by atoms with Crippen molar-refractivity contribution in [1.29, 1.82) is 0 Å². The number of amides is 2. The quantitative estimate of drug-likeness (QED) is 0.659. The lowest BCUT2D eigenvalue weighted by molar-refractivity contribution is 0.0490. The number of pyridine rings is 1. The van der Waals surface area contributed by atoms with Gasteiger partial charge in [0.15, 0.2) is 0 Å². The van der Waals surface area contributed by atoms with Crippen LogP contribution in [0.5, 0.6) is 5.88 Å². The molecule has 0 atom stereocenters. The molecule has 1 aliphatic rings. The van der Waals surface area contributed by atoms with Gasteiger partial charge in [0.2, 0.25) is 5.88 Å². The van der Waals surface area contributed by atoms with Crippen molar-refractivity contribution in [3.8, 4) is 5.88 Å². The smallest absolute Gasteiger partial charge is 0.407 e. The Bertz CT molecular complexity index is 639. The molecule has 156 valence electrons. The maximum absolute atomic E-state index is 12.3. The first-order valence-electron chi connectivity index (χ1n) is 9.75. The van der Waals surface area contributed by atoms with E-state index >= 15 is 0 Å². The zero-order chi connectivity index (χ0) is 20.4. The molecule has 0 unspecified atom stereocenters. The number of nitrogens with one attached hydrogen (secondary N) is 2. The van der Waals surface area contributed by atoms with E-state index in [0.29, 0.717) is 43.5 Å². The number of rotatable bonds is 8. The Labute approximate surface area is 166 Å². The summed E-state index contributed by atoms with van der Waals surface area (Å²) in [5, 5.41) is 5.48. The Morgan fingerprint density at radius 1 is 1.21 bits per heavy atom. The van der Waals surface area contributed by atoms with Crippen molar-refractivity contribution < 1.29 is 23.8 Å². The van der Waals surface area contributed by atoms with Gasteiger partial charge in [0.25, 0.3) is 5.91 Å². The average Bonchev–Trinajstić information content (AvgIpc) is 2.65. The summed E-state index contributed by atoms with van der Waals surface area (Å²) >= 11 is 0. The lowest BCUT2D eigenvalue weighted by Crippen LogP contribution is -2.34. The molecule has 0 saturated carbocycles. The predicted octanol–water partition coefficient (Wildman–Crippen LogP) is 2.53. The molecule has 2 rings (SSSR count). The molecule has 28 heavy (non-hydrogen) atoms. The fraction of sp³-hybridized carbons (Fsp3) is 0.650. The summed E-state index contributed by atoms with van der Waals surface area (Å²) in [5.41, 5.74) is -0.0263. The minimum atomic E-state index is -0.524. The van der Waals surface area contributed by atoms with Crippen molar-refractivity contribution in [1.82, 2.24) is 15.6 Å². The SMILES string of the molecule is CC(C)(C)OC(=O)NCCCNC(=O)c1ccnc(OCC2CCOCC2)c1. The fourth-order valence-corrected chi connectivity index (χ4v) is 2.64. The first-order chi connectivity index (χ1) is 13.3. The van der Waals surface area contributed by atoms with E-state index in [4.69, 9.17) is 14.2 Å². The molecule has 8 nitrogen and oxygen atoms in total. The summed E-state index contributed by atoms with van der Waals surface area (Å²) < 4.78 is 16.2. The van der Waals surface area contributed by atoms with E-state index in [2.05, 4.69) is 15.6 Å². The number of ether oxygens (including phenoxy) is 3. The predicted molar refractivity (Wildman–Crippen MR) is 104 cm³/mol. The molecule has 2 heterocycles. The van der Waals surface area contributed by atoms with Crippen LogP contribution in [0.1, 0.15) is 50.4 Å². The molecule has 0 bridgehead atoms. The van der Waals surface area contributed by atoms with Crippen molar-refractivity contribution in [3.63, 3.8) is 0 Å². The van der Waals surface area contributed by atoms with Gasteiger partial charge in [-0.3, -0.25) is 4.79 Å². The number of hydrogen-bond donors (Lipinski definition) is 2. The molecule has 1 fully saturated rings. The normalized spacial score (nSPS) is 15.0. The largest absolute Gasteiger partial charge is 0.477 e. The molecule has 1 saturated heterocycles. The Hall–Kier alpha value is -2.35. The van der Waals surface area contributed by atoms with E-state index in [1.165, 1.54) is 0 Å². The third kappa shape index (κ3) is 8.56. The number of aromatic nitrogens is 1. The molecule has 8 heteroatoms. The van der Waals surface area contributed by atoms with Crippen molar-refractivity contribution in [2.75, 3.05) is 32.9 Å². The minimum absolute atomic E-state index is 0.199. The molecule has 0 radical (unpaired) electrons. The van der Waals surface area contributed by atoms with Crippen LogP contribution < -0.4 is 15.4 Å².